The van der Waals surface area contributed by atoms with Crippen molar-refractivity contribution in [1.82, 2.24) is 19.8 Å². The topological polar surface area (TPSA) is 38.1 Å². The van der Waals surface area contributed by atoms with Crippen LogP contribution < -0.4 is 0 Å². The van der Waals surface area contributed by atoms with E-state index >= 15 is 0 Å². The number of fused-ring (bicyclic) bond motifs is 4. The highest BCUT2D eigenvalue weighted by Gasteiger charge is 2.34. The van der Waals surface area contributed by atoms with Crippen molar-refractivity contribution in [2.24, 2.45) is 11.8 Å². The number of benzene rings is 2. The number of nitrogens with zero attached hydrogens (tertiary/aromatic N) is 2. The first-order valence-corrected chi connectivity index (χ1v) is 14.3. The highest BCUT2D eigenvalue weighted by Crippen LogP contribution is 2.43. The second-order valence-corrected chi connectivity index (χ2v) is 12.4. The number of halogens is 1. The van der Waals surface area contributed by atoms with Crippen LogP contribution in [0.4, 0.5) is 0 Å². The number of nitrogens with one attached hydrogen (secondary N) is 2. The second kappa shape index (κ2) is 8.72. The smallest absolute Gasteiger partial charge is 0.0864 e. The maximum absolute atomic E-state index is 8.15. The average molecular weight is 558 g/mol. The monoisotopic (exact) mass is 556 g/mol. The van der Waals surface area contributed by atoms with Crippen molar-refractivity contribution in [2.45, 2.75) is 38.8 Å². The summed E-state index contributed by atoms with van der Waals surface area (Å²) >= 11 is 3.69. The molecule has 2 aliphatic carbocycles. The average Bonchev–Trinajstić information content (AvgIpc) is 3.38. The van der Waals surface area contributed by atoms with E-state index in [1.165, 1.54) is 49.7 Å². The van der Waals surface area contributed by atoms with Crippen LogP contribution in [-0.4, -0.2) is 59.0 Å². The number of aromatic amines is 2. The summed E-state index contributed by atoms with van der Waals surface area (Å²) in [6.07, 6.45) is 7.56. The number of hydrogen-bond acceptors (Lipinski definition) is 2. The van der Waals surface area contributed by atoms with Gasteiger partial charge in [-0.3, -0.25) is 9.80 Å². The number of rotatable bonds is 0. The van der Waals surface area contributed by atoms with Gasteiger partial charge in [0, 0.05) is 53.2 Å². The summed E-state index contributed by atoms with van der Waals surface area (Å²) in [6, 6.07) is 14.0. The molecule has 0 amide bonds. The van der Waals surface area contributed by atoms with Crippen LogP contribution >= 0.6 is 15.9 Å². The van der Waals surface area contributed by atoms with Crippen molar-refractivity contribution < 1.29 is 1.37 Å². The van der Waals surface area contributed by atoms with Gasteiger partial charge in [0.2, 0.25) is 0 Å². The molecule has 37 heavy (non-hydrogen) atoms. The molecule has 0 fully saturated rings. The van der Waals surface area contributed by atoms with Gasteiger partial charge in [0.1, 0.15) is 0 Å². The molecule has 190 valence electrons. The molecule has 8 rings (SSSR count). The third-order valence-electron chi connectivity index (χ3n) is 8.87. The second-order valence-electron chi connectivity index (χ2n) is 11.6. The van der Waals surface area contributed by atoms with Crippen LogP contribution in [0.15, 0.2) is 59.3 Å². The molecule has 4 heterocycles. The van der Waals surface area contributed by atoms with Gasteiger partial charge in [0.05, 0.1) is 5.97 Å². The van der Waals surface area contributed by atoms with Crippen molar-refractivity contribution in [3.63, 3.8) is 0 Å². The lowest BCUT2D eigenvalue weighted by Crippen LogP contribution is -2.41. The third kappa shape index (κ3) is 3.70. The fourth-order valence-electron chi connectivity index (χ4n) is 7.33. The van der Waals surface area contributed by atoms with Gasteiger partial charge in [-0.25, -0.2) is 0 Å². The standard InChI is InChI=1S/C16H17BrN2.C16H18N2/c1-9-6-11-10-4-3-5-13-15(10)12(16(17)18-13)7-14(11)19(2)8-9;1-10-6-13-12-4-3-5-14-16(12)11(8-17-14)7-15(13)18(2)9-10/h3-6,9,14,18H,7-8H2,1-2H3;3-6,8,10,15,17H,7,9H2,1-2H3/t9-,14-;10-,15-/m11/s1/i;8T. The maximum atomic E-state index is 8.15. The van der Waals surface area contributed by atoms with Gasteiger partial charge in [-0.05, 0) is 100 Å². The fraction of sp³-hybridized carbons (Fsp3) is 0.375. The summed E-state index contributed by atoms with van der Waals surface area (Å²) in [5, 5.41) is 2.69. The summed E-state index contributed by atoms with van der Waals surface area (Å²) in [4.78, 5) is 11.6. The Bertz CT molecular complexity index is 1520. The summed E-state index contributed by atoms with van der Waals surface area (Å²) in [5.74, 6) is 1.23. The van der Waals surface area contributed by atoms with Gasteiger partial charge in [-0.2, -0.15) is 0 Å². The molecule has 4 aliphatic rings. The molecular weight excluding hydrogens is 520 g/mol. The minimum absolute atomic E-state index is 0.439. The zero-order valence-electron chi connectivity index (χ0n) is 23.0. The van der Waals surface area contributed by atoms with Crippen LogP contribution in [-0.2, 0) is 12.8 Å². The number of H-pyrrole nitrogens is 2. The number of hydrogen-bond donors (Lipinski definition) is 2. The molecule has 2 aromatic heterocycles. The Morgan fingerprint density at radius 2 is 1.43 bits per heavy atom. The van der Waals surface area contributed by atoms with E-state index in [1.807, 2.05) is 0 Å². The zero-order valence-corrected chi connectivity index (χ0v) is 23.6. The van der Waals surface area contributed by atoms with Crippen molar-refractivity contribution in [1.29, 1.82) is 0 Å². The Labute approximate surface area is 229 Å². The lowest BCUT2D eigenvalue weighted by molar-refractivity contribution is 0.252. The van der Waals surface area contributed by atoms with Crippen LogP contribution in [0.5, 0.6) is 0 Å². The van der Waals surface area contributed by atoms with Crippen LogP contribution in [0, 0.1) is 11.8 Å². The Morgan fingerprint density at radius 3 is 2.11 bits per heavy atom. The molecule has 4 atom stereocenters. The van der Waals surface area contributed by atoms with E-state index in [0.29, 0.717) is 30.1 Å². The summed E-state index contributed by atoms with van der Waals surface area (Å²) < 4.78 is 9.30. The zero-order chi connectivity index (χ0) is 26.3. The first-order valence-electron chi connectivity index (χ1n) is 14.0. The highest BCUT2D eigenvalue weighted by molar-refractivity contribution is 9.10. The van der Waals surface area contributed by atoms with Crippen molar-refractivity contribution in [3.8, 4) is 0 Å². The van der Waals surface area contributed by atoms with Crippen LogP contribution in [0.2, 0.25) is 0 Å². The van der Waals surface area contributed by atoms with E-state index < -0.39 is 0 Å². The number of likely N-dealkylation sites (N-methyl/N-ethyl adjacent to an activating group) is 2. The molecule has 2 N–H and O–H groups in total. The first-order chi connectivity index (χ1) is 18.3. The number of aromatic nitrogens is 2. The molecule has 4 aromatic rings. The molecule has 0 unspecified atom stereocenters. The Hall–Kier alpha value is -2.60. The van der Waals surface area contributed by atoms with Crippen LogP contribution in [0.1, 0.15) is 37.5 Å². The van der Waals surface area contributed by atoms with E-state index in [9.17, 15) is 0 Å². The molecule has 0 radical (unpaired) electrons. The van der Waals surface area contributed by atoms with Crippen LogP contribution in [0.25, 0.3) is 33.0 Å². The molecule has 0 saturated carbocycles. The van der Waals surface area contributed by atoms with E-state index in [1.54, 1.807) is 0 Å². The quantitative estimate of drug-likeness (QED) is 0.248. The summed E-state index contributed by atoms with van der Waals surface area (Å²) in [6.45, 7) is 6.85. The molecule has 0 spiro atoms. The van der Waals surface area contributed by atoms with Gasteiger partial charge in [-0.1, -0.05) is 50.3 Å². The van der Waals surface area contributed by atoms with Crippen molar-refractivity contribution in [3.05, 3.63) is 81.6 Å². The van der Waals surface area contributed by atoms with Gasteiger partial charge in [0.25, 0.3) is 0 Å². The lowest BCUT2D eigenvalue weighted by Gasteiger charge is -2.39. The van der Waals surface area contributed by atoms with Crippen molar-refractivity contribution >= 4 is 48.9 Å². The van der Waals surface area contributed by atoms with E-state index in [2.05, 4.69) is 112 Å². The van der Waals surface area contributed by atoms with Gasteiger partial charge in [-0.15, -0.1) is 0 Å². The molecule has 0 saturated heterocycles. The van der Waals surface area contributed by atoms with Crippen molar-refractivity contribution in [2.75, 3.05) is 27.2 Å². The highest BCUT2D eigenvalue weighted by atomic mass is 79.9. The normalized spacial score (nSPS) is 27.1. The SMILES string of the molecule is C[C@@H]1C=C2c3cccc4[nH]c(Br)c(c34)C[C@H]2N(C)C1.[3H]c1[nH]c2cccc3c2c1C[C@@H]1C3=C[C@@H](C)CN1C. The van der Waals surface area contributed by atoms with Gasteiger partial charge >= 0.3 is 0 Å². The minimum atomic E-state index is 0.439. The minimum Gasteiger partial charge on any atom is -0.361 e. The Morgan fingerprint density at radius 1 is 0.838 bits per heavy atom. The van der Waals surface area contributed by atoms with Gasteiger partial charge < -0.3 is 9.97 Å². The van der Waals surface area contributed by atoms with E-state index in [-0.39, 0.29) is 0 Å². The van der Waals surface area contributed by atoms with Gasteiger partial charge in [0.15, 0.2) is 0 Å². The molecule has 5 heteroatoms. The maximum Gasteiger partial charge on any atom is 0.0864 e. The molecular formula is C32H35BrN4. The van der Waals surface area contributed by atoms with E-state index in [0.717, 1.165) is 36.1 Å². The Balaban J connectivity index is 0.000000127. The predicted molar refractivity (Wildman–Crippen MR) is 159 cm³/mol. The molecule has 4 nitrogen and oxygen atoms in total. The lowest BCUT2D eigenvalue weighted by atomic mass is 9.80. The molecule has 2 aromatic carbocycles. The van der Waals surface area contributed by atoms with E-state index in [4.69, 9.17) is 1.37 Å². The largest absolute Gasteiger partial charge is 0.361 e. The molecule has 0 bridgehead atoms. The Kier molecular flexibility index (Phi) is 5.28. The summed E-state index contributed by atoms with van der Waals surface area (Å²) in [5.41, 5.74) is 10.7. The molecule has 2 aliphatic heterocycles. The summed E-state index contributed by atoms with van der Waals surface area (Å²) in [7, 11) is 4.45. The fourth-order valence-corrected chi connectivity index (χ4v) is 7.91. The predicted octanol–water partition coefficient (Wildman–Crippen LogP) is 6.88. The van der Waals surface area contributed by atoms with Crippen LogP contribution in [0.3, 0.4) is 0 Å². The third-order valence-corrected chi connectivity index (χ3v) is 9.55. The first kappa shape index (κ1) is 22.4.